The van der Waals surface area contributed by atoms with E-state index < -0.39 is 8.80 Å². The van der Waals surface area contributed by atoms with Crippen LogP contribution in [-0.4, -0.2) is 48.7 Å². The second-order valence-electron chi connectivity index (χ2n) is 2.58. The molecule has 0 unspecified atom stereocenters. The first-order valence-corrected chi connectivity index (χ1v) is 7.09. The number of hydrogen-bond donors (Lipinski definition) is 0. The summed E-state index contributed by atoms with van der Waals surface area (Å²) in [5.41, 5.74) is 0. The van der Waals surface area contributed by atoms with Crippen LogP contribution >= 0.6 is 11.6 Å². The largest absolute Gasteiger partial charge is 0.501 e. The minimum absolute atomic E-state index is 0.475. The lowest BCUT2D eigenvalue weighted by atomic mass is 10.8. The molecular weight excluding hydrogens is 224 g/mol. The van der Waals surface area contributed by atoms with Crippen molar-refractivity contribution in [2.45, 2.75) is 13.0 Å². The number of hydrogen-bond acceptors (Lipinski definition) is 4. The lowest BCUT2D eigenvalue weighted by Gasteiger charge is -2.25. The molecule has 0 aromatic carbocycles. The van der Waals surface area contributed by atoms with Crippen LogP contribution in [0.2, 0.25) is 6.04 Å². The minimum Gasteiger partial charge on any atom is -0.379 e. The van der Waals surface area contributed by atoms with Gasteiger partial charge < -0.3 is 18.0 Å². The zero-order valence-electron chi connectivity index (χ0n) is 9.05. The lowest BCUT2D eigenvalue weighted by Crippen LogP contribution is -2.45. The van der Waals surface area contributed by atoms with Gasteiger partial charge in [0.1, 0.15) is 0 Å². The molecule has 0 bridgehead atoms. The molecule has 0 fully saturated rings. The molecule has 0 aromatic rings. The molecule has 0 amide bonds. The highest BCUT2D eigenvalue weighted by atomic mass is 35.5. The molecule has 0 aliphatic rings. The van der Waals surface area contributed by atoms with Gasteiger partial charge in [0.15, 0.2) is 0 Å². The van der Waals surface area contributed by atoms with Crippen molar-refractivity contribution in [3.8, 4) is 0 Å². The SMILES string of the molecule is CCOCCO[Si](CCCl)(OC)OC. The normalized spacial score (nSPS) is 12.0. The summed E-state index contributed by atoms with van der Waals surface area (Å²) in [7, 11) is 0.667. The second kappa shape index (κ2) is 8.64. The monoisotopic (exact) mass is 242 g/mol. The van der Waals surface area contributed by atoms with E-state index in [1.54, 1.807) is 14.2 Å². The van der Waals surface area contributed by atoms with Crippen molar-refractivity contribution in [1.29, 1.82) is 0 Å². The van der Waals surface area contributed by atoms with Crippen molar-refractivity contribution in [2.75, 3.05) is 39.9 Å². The zero-order valence-corrected chi connectivity index (χ0v) is 10.8. The number of ether oxygens (including phenoxy) is 1. The van der Waals surface area contributed by atoms with Gasteiger partial charge in [-0.1, -0.05) is 0 Å². The smallest absolute Gasteiger partial charge is 0.379 e. The van der Waals surface area contributed by atoms with Crippen molar-refractivity contribution < 1.29 is 18.0 Å². The maximum Gasteiger partial charge on any atom is 0.501 e. The maximum absolute atomic E-state index is 5.65. The Hall–Kier alpha value is 0.347. The molecule has 0 radical (unpaired) electrons. The first-order chi connectivity index (χ1) is 6.74. The Morgan fingerprint density at radius 3 is 2.21 bits per heavy atom. The highest BCUT2D eigenvalue weighted by Crippen LogP contribution is 2.14. The summed E-state index contributed by atoms with van der Waals surface area (Å²) >= 11 is 5.65. The summed E-state index contributed by atoms with van der Waals surface area (Å²) in [5.74, 6) is 0.475. The van der Waals surface area contributed by atoms with E-state index in [4.69, 9.17) is 29.6 Å². The van der Waals surface area contributed by atoms with E-state index in [9.17, 15) is 0 Å². The molecule has 0 N–H and O–H groups in total. The van der Waals surface area contributed by atoms with Gasteiger partial charge in [-0.15, -0.1) is 11.6 Å². The Bertz CT molecular complexity index is 133. The third-order valence-corrected chi connectivity index (χ3v) is 5.03. The van der Waals surface area contributed by atoms with Gasteiger partial charge in [-0.25, -0.2) is 0 Å². The van der Waals surface area contributed by atoms with Gasteiger partial charge in [0.2, 0.25) is 0 Å². The summed E-state index contributed by atoms with van der Waals surface area (Å²) in [5, 5.41) is 0. The van der Waals surface area contributed by atoms with Gasteiger partial charge in [0.05, 0.1) is 13.2 Å². The fourth-order valence-electron chi connectivity index (χ4n) is 0.994. The van der Waals surface area contributed by atoms with Gasteiger partial charge in [0, 0.05) is 32.8 Å². The van der Waals surface area contributed by atoms with Crippen LogP contribution in [0.25, 0.3) is 0 Å². The predicted octanol–water partition coefficient (Wildman–Crippen LogP) is 1.51. The Labute approximate surface area is 91.8 Å². The predicted molar refractivity (Wildman–Crippen MR) is 57.7 cm³/mol. The van der Waals surface area contributed by atoms with E-state index in [0.717, 1.165) is 0 Å². The van der Waals surface area contributed by atoms with Gasteiger partial charge in [-0.3, -0.25) is 0 Å². The standard InChI is InChI=1S/C8H19ClO4Si/c1-4-12-6-7-13-14(10-2,11-3)8-5-9/h4-8H2,1-3H3. The van der Waals surface area contributed by atoms with Crippen molar-refractivity contribution in [3.63, 3.8) is 0 Å². The van der Waals surface area contributed by atoms with E-state index >= 15 is 0 Å². The Morgan fingerprint density at radius 1 is 1.14 bits per heavy atom. The molecule has 0 rings (SSSR count). The molecule has 0 aliphatic heterocycles. The molecule has 0 saturated heterocycles. The summed E-state index contributed by atoms with van der Waals surface area (Å²) in [6.07, 6.45) is 0. The van der Waals surface area contributed by atoms with E-state index in [1.165, 1.54) is 0 Å². The van der Waals surface area contributed by atoms with E-state index in [-0.39, 0.29) is 0 Å². The molecule has 86 valence electrons. The van der Waals surface area contributed by atoms with Crippen LogP contribution in [0.5, 0.6) is 0 Å². The van der Waals surface area contributed by atoms with Gasteiger partial charge in [-0.05, 0) is 6.92 Å². The van der Waals surface area contributed by atoms with E-state index in [1.807, 2.05) is 6.92 Å². The van der Waals surface area contributed by atoms with E-state index in [0.29, 0.717) is 31.7 Å². The molecule has 6 heteroatoms. The summed E-state index contributed by atoms with van der Waals surface area (Å²) in [6.45, 7) is 3.67. The van der Waals surface area contributed by atoms with Crippen molar-refractivity contribution in [3.05, 3.63) is 0 Å². The van der Waals surface area contributed by atoms with Crippen LogP contribution in [0.3, 0.4) is 0 Å². The van der Waals surface area contributed by atoms with Crippen LogP contribution in [0, 0.1) is 0 Å². The van der Waals surface area contributed by atoms with Gasteiger partial charge in [-0.2, -0.15) is 0 Å². The fourth-order valence-corrected chi connectivity index (χ4v) is 3.27. The average molecular weight is 243 g/mol. The van der Waals surface area contributed by atoms with Crippen molar-refractivity contribution in [2.24, 2.45) is 0 Å². The molecule has 4 nitrogen and oxygen atoms in total. The van der Waals surface area contributed by atoms with Crippen LogP contribution in [0.1, 0.15) is 6.92 Å². The fraction of sp³-hybridized carbons (Fsp3) is 1.00. The van der Waals surface area contributed by atoms with Crippen LogP contribution in [0.15, 0.2) is 0 Å². The van der Waals surface area contributed by atoms with Gasteiger partial charge in [0.25, 0.3) is 0 Å². The Morgan fingerprint density at radius 2 is 1.79 bits per heavy atom. The first-order valence-electron chi connectivity index (χ1n) is 4.62. The molecule has 0 aliphatic carbocycles. The summed E-state index contributed by atoms with van der Waals surface area (Å²) < 4.78 is 21.2. The summed E-state index contributed by atoms with van der Waals surface area (Å²) in [4.78, 5) is 0. The minimum atomic E-state index is -2.51. The van der Waals surface area contributed by atoms with Crippen molar-refractivity contribution >= 4 is 20.4 Å². The van der Waals surface area contributed by atoms with Crippen LogP contribution in [0.4, 0.5) is 0 Å². The lowest BCUT2D eigenvalue weighted by molar-refractivity contribution is 0.0546. The van der Waals surface area contributed by atoms with Crippen molar-refractivity contribution in [1.82, 2.24) is 0 Å². The summed E-state index contributed by atoms with van der Waals surface area (Å²) in [6, 6.07) is 0.619. The topological polar surface area (TPSA) is 36.9 Å². The third kappa shape index (κ3) is 5.28. The molecule has 0 atom stereocenters. The third-order valence-electron chi connectivity index (χ3n) is 1.78. The molecular formula is C8H19ClO4Si. The number of rotatable bonds is 9. The van der Waals surface area contributed by atoms with E-state index in [2.05, 4.69) is 0 Å². The second-order valence-corrected chi connectivity index (χ2v) is 5.92. The highest BCUT2D eigenvalue weighted by molar-refractivity contribution is 6.61. The highest BCUT2D eigenvalue weighted by Gasteiger charge is 2.38. The number of alkyl halides is 1. The molecule has 0 spiro atoms. The molecule has 14 heavy (non-hydrogen) atoms. The molecule has 0 aromatic heterocycles. The zero-order chi connectivity index (χ0) is 10.9. The Balaban J connectivity index is 3.82. The molecule has 0 heterocycles. The van der Waals surface area contributed by atoms with Crippen LogP contribution < -0.4 is 0 Å². The first kappa shape index (κ1) is 14.3. The Kier molecular flexibility index (Phi) is 8.85. The number of halogens is 1. The quantitative estimate of drug-likeness (QED) is 0.349. The maximum atomic E-state index is 5.65. The average Bonchev–Trinajstić information content (AvgIpc) is 2.23. The molecule has 0 saturated carbocycles. The van der Waals surface area contributed by atoms with Crippen LogP contribution in [-0.2, 0) is 18.0 Å². The van der Waals surface area contributed by atoms with Gasteiger partial charge >= 0.3 is 8.80 Å².